The fourth-order valence-corrected chi connectivity index (χ4v) is 6.94. The first-order valence-electron chi connectivity index (χ1n) is 17.1. The van der Waals surface area contributed by atoms with E-state index in [1.54, 1.807) is 0 Å². The largest absolute Gasteiger partial charge is 0.455 e. The molecule has 0 saturated carbocycles. The van der Waals surface area contributed by atoms with Crippen LogP contribution in [0.2, 0.25) is 0 Å². The van der Waals surface area contributed by atoms with Crippen molar-refractivity contribution in [2.45, 2.75) is 0 Å². The van der Waals surface area contributed by atoms with Gasteiger partial charge in [-0.25, -0.2) is 15.0 Å². The molecule has 0 N–H and O–H groups in total. The van der Waals surface area contributed by atoms with E-state index in [0.717, 1.165) is 60.8 Å². The summed E-state index contributed by atoms with van der Waals surface area (Å²) in [6.07, 6.45) is 0. The lowest BCUT2D eigenvalue weighted by Gasteiger charge is -2.11. The summed E-state index contributed by atoms with van der Waals surface area (Å²) in [5.41, 5.74) is 10.3. The van der Waals surface area contributed by atoms with Gasteiger partial charge in [-0.3, -0.25) is 0 Å². The number of furan rings is 1. The third-order valence-electron chi connectivity index (χ3n) is 9.42. The third kappa shape index (κ3) is 5.67. The van der Waals surface area contributed by atoms with Gasteiger partial charge in [-0.05, 0) is 58.7 Å². The van der Waals surface area contributed by atoms with Gasteiger partial charge in [0.25, 0.3) is 0 Å². The SMILES string of the molecule is N#Cc1ccccc1-c1cc(-c2ccccc2C#N)c2oc3cccc(-c4cccc(-c5nc(-c6ccccc6)nc(-c6ccccc6)n5)c4)c3c2c1. The summed E-state index contributed by atoms with van der Waals surface area (Å²) in [4.78, 5) is 14.8. The zero-order chi connectivity index (χ0) is 35.7. The molecule has 6 heteroatoms. The molecule has 2 aromatic heterocycles. The average Bonchev–Trinajstić information content (AvgIpc) is 3.63. The van der Waals surface area contributed by atoms with Gasteiger partial charge in [0.1, 0.15) is 11.2 Å². The molecule has 0 bridgehead atoms. The van der Waals surface area contributed by atoms with Gasteiger partial charge < -0.3 is 4.42 Å². The van der Waals surface area contributed by atoms with Crippen molar-refractivity contribution in [1.29, 1.82) is 10.5 Å². The molecular formula is C47H27N5O. The van der Waals surface area contributed by atoms with Crippen molar-refractivity contribution < 1.29 is 4.42 Å². The standard InChI is InChI=1S/C47H27N5O/c48-28-34-17-7-9-21-37(34)36-26-40(38-22-10-8-18-35(38)29-49)44-41(27-36)43-39(23-12-24-42(43)53-44)32-19-11-20-33(25-32)47-51-45(30-13-3-1-4-14-30)50-46(52-47)31-15-5-2-6-16-31/h1-27H. The number of benzene rings is 7. The fourth-order valence-electron chi connectivity index (χ4n) is 6.94. The van der Waals surface area contributed by atoms with Crippen LogP contribution < -0.4 is 0 Å². The normalized spacial score (nSPS) is 11.0. The zero-order valence-electron chi connectivity index (χ0n) is 28.2. The lowest BCUT2D eigenvalue weighted by atomic mass is 9.91. The minimum atomic E-state index is 0.537. The minimum Gasteiger partial charge on any atom is -0.455 e. The highest BCUT2D eigenvalue weighted by molar-refractivity contribution is 6.17. The Morgan fingerprint density at radius 1 is 0.396 bits per heavy atom. The molecule has 0 aliphatic rings. The van der Waals surface area contributed by atoms with Crippen LogP contribution in [0, 0.1) is 22.7 Å². The molecule has 0 aliphatic carbocycles. The summed E-state index contributed by atoms with van der Waals surface area (Å²) < 4.78 is 6.68. The lowest BCUT2D eigenvalue weighted by molar-refractivity contribution is 0.670. The predicted molar refractivity (Wildman–Crippen MR) is 209 cm³/mol. The lowest BCUT2D eigenvalue weighted by Crippen LogP contribution is -2.00. The van der Waals surface area contributed by atoms with Crippen molar-refractivity contribution in [2.24, 2.45) is 0 Å². The molecule has 6 nitrogen and oxygen atoms in total. The fraction of sp³-hybridized carbons (Fsp3) is 0. The maximum atomic E-state index is 10.1. The monoisotopic (exact) mass is 677 g/mol. The average molecular weight is 678 g/mol. The Labute approximate surface area is 305 Å². The van der Waals surface area contributed by atoms with Crippen LogP contribution in [-0.4, -0.2) is 15.0 Å². The van der Waals surface area contributed by atoms with Crippen LogP contribution in [0.25, 0.3) is 89.5 Å². The summed E-state index contributed by atoms with van der Waals surface area (Å²) in [6.45, 7) is 0. The van der Waals surface area contributed by atoms with E-state index in [1.807, 2.05) is 140 Å². The van der Waals surface area contributed by atoms with Crippen LogP contribution in [0.15, 0.2) is 168 Å². The van der Waals surface area contributed by atoms with Gasteiger partial charge in [-0.2, -0.15) is 10.5 Å². The van der Waals surface area contributed by atoms with Crippen molar-refractivity contribution in [3.8, 4) is 79.7 Å². The van der Waals surface area contributed by atoms with Gasteiger partial charge in [-0.1, -0.05) is 127 Å². The Hall–Kier alpha value is -7.67. The molecule has 9 aromatic rings. The number of aromatic nitrogens is 3. The molecule has 0 saturated heterocycles. The first-order chi connectivity index (χ1) is 26.2. The van der Waals surface area contributed by atoms with Crippen LogP contribution in [0.5, 0.6) is 0 Å². The number of rotatable bonds is 6. The third-order valence-corrected chi connectivity index (χ3v) is 9.42. The Morgan fingerprint density at radius 3 is 1.57 bits per heavy atom. The van der Waals surface area contributed by atoms with Gasteiger partial charge in [-0.15, -0.1) is 0 Å². The number of hydrogen-bond donors (Lipinski definition) is 0. The van der Waals surface area contributed by atoms with Crippen molar-refractivity contribution in [3.63, 3.8) is 0 Å². The van der Waals surface area contributed by atoms with Crippen molar-refractivity contribution in [3.05, 3.63) is 175 Å². The van der Waals surface area contributed by atoms with E-state index >= 15 is 0 Å². The summed E-state index contributed by atoms with van der Waals surface area (Å²) >= 11 is 0. The summed E-state index contributed by atoms with van der Waals surface area (Å²) in [7, 11) is 0. The highest BCUT2D eigenvalue weighted by Gasteiger charge is 2.21. The highest BCUT2D eigenvalue weighted by atomic mass is 16.3. The Kier molecular flexibility index (Phi) is 7.82. The van der Waals surface area contributed by atoms with E-state index in [1.165, 1.54) is 0 Å². The van der Waals surface area contributed by atoms with Crippen molar-refractivity contribution in [1.82, 2.24) is 15.0 Å². The summed E-state index contributed by atoms with van der Waals surface area (Å²) in [5.74, 6) is 1.76. The highest BCUT2D eigenvalue weighted by Crippen LogP contribution is 2.44. The van der Waals surface area contributed by atoms with Crippen LogP contribution in [0.1, 0.15) is 11.1 Å². The Balaban J connectivity index is 1.27. The van der Waals surface area contributed by atoms with Gasteiger partial charge in [0, 0.05) is 38.6 Å². The Morgan fingerprint density at radius 2 is 0.906 bits per heavy atom. The quantitative estimate of drug-likeness (QED) is 0.174. The zero-order valence-corrected chi connectivity index (χ0v) is 28.2. The molecule has 0 aliphatic heterocycles. The van der Waals surface area contributed by atoms with Crippen molar-refractivity contribution >= 4 is 21.9 Å². The van der Waals surface area contributed by atoms with E-state index < -0.39 is 0 Å². The second kappa shape index (κ2) is 13.2. The molecule has 0 atom stereocenters. The molecule has 2 heterocycles. The number of fused-ring (bicyclic) bond motifs is 3. The first kappa shape index (κ1) is 31.3. The van der Waals surface area contributed by atoms with Crippen LogP contribution in [0.3, 0.4) is 0 Å². The summed E-state index contributed by atoms with van der Waals surface area (Å²) in [6, 6.07) is 58.0. The number of nitriles is 2. The van der Waals surface area contributed by atoms with E-state index in [4.69, 9.17) is 19.4 Å². The second-order valence-electron chi connectivity index (χ2n) is 12.6. The van der Waals surface area contributed by atoms with Crippen molar-refractivity contribution in [2.75, 3.05) is 0 Å². The maximum Gasteiger partial charge on any atom is 0.164 e. The molecule has 0 radical (unpaired) electrons. The van der Waals surface area contributed by atoms with E-state index in [2.05, 4.69) is 36.4 Å². The molecule has 0 unspecified atom stereocenters. The number of hydrogen-bond acceptors (Lipinski definition) is 6. The van der Waals surface area contributed by atoms with E-state index in [0.29, 0.717) is 39.8 Å². The molecule has 53 heavy (non-hydrogen) atoms. The second-order valence-corrected chi connectivity index (χ2v) is 12.6. The van der Waals surface area contributed by atoms with Gasteiger partial charge >= 0.3 is 0 Å². The van der Waals surface area contributed by atoms with E-state index in [9.17, 15) is 10.5 Å². The Bertz CT molecular complexity index is 2860. The smallest absolute Gasteiger partial charge is 0.164 e. The summed E-state index contributed by atoms with van der Waals surface area (Å²) in [5, 5.41) is 22.0. The van der Waals surface area contributed by atoms with E-state index in [-0.39, 0.29) is 0 Å². The molecule has 7 aromatic carbocycles. The van der Waals surface area contributed by atoms with Crippen LogP contribution in [-0.2, 0) is 0 Å². The molecule has 246 valence electrons. The molecule has 0 fully saturated rings. The topological polar surface area (TPSA) is 99.4 Å². The minimum absolute atomic E-state index is 0.537. The van der Waals surface area contributed by atoms with Gasteiger partial charge in [0.15, 0.2) is 17.5 Å². The molecule has 0 amide bonds. The molecule has 9 rings (SSSR count). The predicted octanol–water partition coefficient (Wildman–Crippen LogP) is 11.5. The van der Waals surface area contributed by atoms with Gasteiger partial charge in [0.2, 0.25) is 0 Å². The van der Waals surface area contributed by atoms with Gasteiger partial charge in [0.05, 0.1) is 23.3 Å². The molecular weight excluding hydrogens is 651 g/mol. The van der Waals surface area contributed by atoms with Crippen LogP contribution >= 0.6 is 0 Å². The first-order valence-corrected chi connectivity index (χ1v) is 17.1. The molecule has 0 spiro atoms. The van der Waals surface area contributed by atoms with Crippen LogP contribution in [0.4, 0.5) is 0 Å². The number of nitrogens with zero attached hydrogens (tertiary/aromatic N) is 5. The maximum absolute atomic E-state index is 10.1.